The van der Waals surface area contributed by atoms with E-state index < -0.39 is 0 Å². The molecular weight excluding hydrogens is 447 g/mol. The average Bonchev–Trinajstić information content (AvgIpc) is 3.06. The predicted molar refractivity (Wildman–Crippen MR) is 118 cm³/mol. The Bertz CT molecular complexity index is 501. The van der Waals surface area contributed by atoms with E-state index in [1.165, 1.54) is 9.75 Å². The fourth-order valence-corrected chi connectivity index (χ4v) is 3.73. The van der Waals surface area contributed by atoms with Crippen molar-refractivity contribution in [2.75, 3.05) is 32.7 Å². The van der Waals surface area contributed by atoms with Gasteiger partial charge in [-0.05, 0) is 51.3 Å². The summed E-state index contributed by atoms with van der Waals surface area (Å²) in [5.74, 6) is 0.901. The van der Waals surface area contributed by atoms with Gasteiger partial charge in [-0.15, -0.1) is 35.3 Å². The molecule has 1 aliphatic rings. The lowest BCUT2D eigenvalue weighted by Crippen LogP contribution is -2.40. The van der Waals surface area contributed by atoms with E-state index in [1.54, 1.807) is 0 Å². The second-order valence-corrected chi connectivity index (χ2v) is 7.52. The van der Waals surface area contributed by atoms with Gasteiger partial charge in [0.05, 0.1) is 12.6 Å². The smallest absolute Gasteiger partial charge is 0.191 e. The topological polar surface area (TPSA) is 59.9 Å². The highest BCUT2D eigenvalue weighted by Gasteiger charge is 2.15. The van der Waals surface area contributed by atoms with Crippen LogP contribution in [-0.2, 0) is 13.0 Å². The van der Waals surface area contributed by atoms with Crippen LogP contribution >= 0.6 is 35.3 Å². The van der Waals surface area contributed by atoms with Crippen LogP contribution in [0.1, 0.15) is 42.9 Å². The normalized spacial score (nSPS) is 16.5. The van der Waals surface area contributed by atoms with E-state index in [2.05, 4.69) is 46.5 Å². The molecule has 0 spiro atoms. The van der Waals surface area contributed by atoms with Crippen molar-refractivity contribution >= 4 is 41.3 Å². The van der Waals surface area contributed by atoms with E-state index >= 15 is 0 Å². The van der Waals surface area contributed by atoms with Gasteiger partial charge in [0, 0.05) is 35.9 Å². The highest BCUT2D eigenvalue weighted by molar-refractivity contribution is 14.0. The number of hydrogen-bond donors (Lipinski definition) is 3. The number of aryl methyl sites for hydroxylation is 1. The molecule has 0 bridgehead atoms. The Hall–Kier alpha value is -0.380. The number of aliphatic hydroxyl groups is 1. The number of aliphatic imine (C=N–C) groups is 1. The van der Waals surface area contributed by atoms with Gasteiger partial charge in [0.1, 0.15) is 0 Å². The van der Waals surface area contributed by atoms with Gasteiger partial charge >= 0.3 is 0 Å². The number of guanidine groups is 1. The maximum Gasteiger partial charge on any atom is 0.191 e. The number of aliphatic hydroxyl groups excluding tert-OH is 1. The van der Waals surface area contributed by atoms with Gasteiger partial charge in [0.25, 0.3) is 0 Å². The minimum atomic E-state index is -0.0858. The quantitative estimate of drug-likeness (QED) is 0.232. The van der Waals surface area contributed by atoms with Crippen molar-refractivity contribution in [3.63, 3.8) is 0 Å². The predicted octanol–water partition coefficient (Wildman–Crippen LogP) is 2.83. The van der Waals surface area contributed by atoms with E-state index in [0.717, 1.165) is 70.9 Å². The van der Waals surface area contributed by atoms with Crippen molar-refractivity contribution in [1.29, 1.82) is 0 Å². The van der Waals surface area contributed by atoms with Crippen molar-refractivity contribution < 1.29 is 5.11 Å². The summed E-state index contributed by atoms with van der Waals surface area (Å²) in [6.07, 6.45) is 3.94. The molecule has 0 saturated carbocycles. The molecule has 25 heavy (non-hydrogen) atoms. The van der Waals surface area contributed by atoms with Crippen molar-refractivity contribution in [3.8, 4) is 0 Å². The monoisotopic (exact) mass is 480 g/mol. The molecule has 144 valence electrons. The third kappa shape index (κ3) is 8.70. The molecule has 2 rings (SSSR count). The molecule has 7 heteroatoms. The van der Waals surface area contributed by atoms with Crippen LogP contribution in [0.5, 0.6) is 0 Å². The summed E-state index contributed by atoms with van der Waals surface area (Å²) < 4.78 is 0. The maximum atomic E-state index is 9.54. The molecule has 0 atom stereocenters. The van der Waals surface area contributed by atoms with E-state index in [4.69, 9.17) is 0 Å². The zero-order chi connectivity index (χ0) is 17.2. The molecule has 0 amide bonds. The average molecular weight is 480 g/mol. The largest absolute Gasteiger partial charge is 0.393 e. The molecule has 1 aliphatic heterocycles. The number of nitrogens with zero attached hydrogens (tertiary/aromatic N) is 2. The first-order chi connectivity index (χ1) is 11.7. The summed E-state index contributed by atoms with van der Waals surface area (Å²) in [5, 5.41) is 16.3. The SMILES string of the molecule is CCNC(=NCc1ccc(CC)s1)NCCCN1CCC(O)CC1.I. The number of thiophene rings is 1. The fraction of sp³-hybridized carbons (Fsp3) is 0.722. The first-order valence-electron chi connectivity index (χ1n) is 9.21. The minimum absolute atomic E-state index is 0. The Morgan fingerprint density at radius 2 is 1.96 bits per heavy atom. The lowest BCUT2D eigenvalue weighted by atomic mass is 10.1. The van der Waals surface area contributed by atoms with Gasteiger partial charge in [0.15, 0.2) is 5.96 Å². The van der Waals surface area contributed by atoms with Crippen LogP contribution in [-0.4, -0.2) is 54.8 Å². The minimum Gasteiger partial charge on any atom is -0.393 e. The number of nitrogens with one attached hydrogen (secondary N) is 2. The zero-order valence-electron chi connectivity index (χ0n) is 15.5. The Labute approximate surface area is 173 Å². The van der Waals surface area contributed by atoms with E-state index in [0.29, 0.717) is 0 Å². The summed E-state index contributed by atoms with van der Waals surface area (Å²) in [6, 6.07) is 4.38. The van der Waals surface area contributed by atoms with Crippen LogP contribution in [0.4, 0.5) is 0 Å². The Kier molecular flexibility index (Phi) is 11.7. The Morgan fingerprint density at radius 3 is 2.60 bits per heavy atom. The summed E-state index contributed by atoms with van der Waals surface area (Å²) >= 11 is 1.85. The molecule has 3 N–H and O–H groups in total. The molecule has 5 nitrogen and oxygen atoms in total. The van der Waals surface area contributed by atoms with Crippen molar-refractivity contribution in [3.05, 3.63) is 21.9 Å². The molecule has 0 aromatic carbocycles. The highest BCUT2D eigenvalue weighted by atomic mass is 127. The highest BCUT2D eigenvalue weighted by Crippen LogP contribution is 2.17. The van der Waals surface area contributed by atoms with Crippen molar-refractivity contribution in [2.45, 2.75) is 52.2 Å². The van der Waals surface area contributed by atoms with Gasteiger partial charge in [-0.3, -0.25) is 0 Å². The van der Waals surface area contributed by atoms with Crippen LogP contribution in [0.15, 0.2) is 17.1 Å². The van der Waals surface area contributed by atoms with E-state index in [9.17, 15) is 5.11 Å². The Balaban J connectivity index is 0.00000312. The standard InChI is InChI=1S/C18H32N4OS.HI/c1-3-16-6-7-17(24-16)14-21-18(19-4-2)20-10-5-11-22-12-8-15(23)9-13-22;/h6-7,15,23H,3-5,8-14H2,1-2H3,(H2,19,20,21);1H. The summed E-state index contributed by atoms with van der Waals surface area (Å²) in [5.41, 5.74) is 0. The van der Waals surface area contributed by atoms with Crippen molar-refractivity contribution in [1.82, 2.24) is 15.5 Å². The number of hydrogen-bond acceptors (Lipinski definition) is 4. The first-order valence-corrected chi connectivity index (χ1v) is 10.0. The zero-order valence-corrected chi connectivity index (χ0v) is 18.6. The molecule has 0 aliphatic carbocycles. The lowest BCUT2D eigenvalue weighted by molar-refractivity contribution is 0.0823. The molecule has 1 fully saturated rings. The molecule has 2 heterocycles. The van der Waals surface area contributed by atoms with Gasteiger partial charge in [-0.1, -0.05) is 6.92 Å². The molecule has 0 radical (unpaired) electrons. The van der Waals surface area contributed by atoms with Crippen LogP contribution in [0, 0.1) is 0 Å². The van der Waals surface area contributed by atoms with Gasteiger partial charge < -0.3 is 20.6 Å². The Morgan fingerprint density at radius 1 is 1.24 bits per heavy atom. The summed E-state index contributed by atoms with van der Waals surface area (Å²) in [4.78, 5) is 9.86. The van der Waals surface area contributed by atoms with Gasteiger partial charge in [0.2, 0.25) is 0 Å². The number of halogens is 1. The molecular formula is C18H33IN4OS. The molecule has 0 unspecified atom stereocenters. The number of rotatable bonds is 8. The van der Waals surface area contributed by atoms with Gasteiger partial charge in [-0.25, -0.2) is 4.99 Å². The molecule has 1 aromatic rings. The van der Waals surface area contributed by atoms with Crippen LogP contribution < -0.4 is 10.6 Å². The lowest BCUT2D eigenvalue weighted by Gasteiger charge is -2.29. The second kappa shape index (κ2) is 12.9. The van der Waals surface area contributed by atoms with Crippen LogP contribution in [0.25, 0.3) is 0 Å². The maximum absolute atomic E-state index is 9.54. The van der Waals surface area contributed by atoms with E-state index in [1.807, 2.05) is 11.3 Å². The number of likely N-dealkylation sites (tertiary alicyclic amines) is 1. The first kappa shape index (κ1) is 22.7. The number of piperidine rings is 1. The van der Waals surface area contributed by atoms with Crippen molar-refractivity contribution in [2.24, 2.45) is 4.99 Å². The van der Waals surface area contributed by atoms with Gasteiger partial charge in [-0.2, -0.15) is 0 Å². The van der Waals surface area contributed by atoms with Crippen LogP contribution in [0.3, 0.4) is 0 Å². The fourth-order valence-electron chi connectivity index (χ4n) is 2.85. The van der Waals surface area contributed by atoms with E-state index in [-0.39, 0.29) is 30.1 Å². The second-order valence-electron chi connectivity index (χ2n) is 6.27. The molecule has 1 saturated heterocycles. The molecule has 1 aromatic heterocycles. The summed E-state index contributed by atoms with van der Waals surface area (Å²) in [6.45, 7) is 9.95. The summed E-state index contributed by atoms with van der Waals surface area (Å²) in [7, 11) is 0. The van der Waals surface area contributed by atoms with Crippen LogP contribution in [0.2, 0.25) is 0 Å². The third-order valence-electron chi connectivity index (χ3n) is 4.30. The third-order valence-corrected chi connectivity index (χ3v) is 5.52.